The van der Waals surface area contributed by atoms with Gasteiger partial charge in [0.25, 0.3) is 0 Å². The first kappa shape index (κ1) is 20.0. The molecule has 1 amide bonds. The minimum absolute atomic E-state index is 0. The van der Waals surface area contributed by atoms with Crippen LogP contribution < -0.4 is 10.2 Å². The Morgan fingerprint density at radius 1 is 0.964 bits per heavy atom. The highest BCUT2D eigenvalue weighted by Crippen LogP contribution is 2.47. The molecule has 28 heavy (non-hydrogen) atoms. The van der Waals surface area contributed by atoms with Crippen LogP contribution in [0.2, 0.25) is 0 Å². The molecule has 1 aromatic carbocycles. The lowest BCUT2D eigenvalue weighted by molar-refractivity contribution is -0.126. The van der Waals surface area contributed by atoms with Gasteiger partial charge >= 0.3 is 0 Å². The van der Waals surface area contributed by atoms with Gasteiger partial charge in [-0.3, -0.25) is 9.69 Å². The van der Waals surface area contributed by atoms with E-state index in [2.05, 4.69) is 39.4 Å². The van der Waals surface area contributed by atoms with Crippen molar-refractivity contribution in [3.05, 3.63) is 30.3 Å². The summed E-state index contributed by atoms with van der Waals surface area (Å²) in [5.74, 6) is 2.16. The summed E-state index contributed by atoms with van der Waals surface area (Å²) >= 11 is 0. The molecule has 0 bridgehead atoms. The highest BCUT2D eigenvalue weighted by molar-refractivity contribution is 5.93. The Morgan fingerprint density at radius 3 is 2.43 bits per heavy atom. The van der Waals surface area contributed by atoms with Crippen LogP contribution in [-0.4, -0.2) is 42.1 Å². The van der Waals surface area contributed by atoms with Crippen LogP contribution in [0.3, 0.4) is 0 Å². The Labute approximate surface area is 175 Å². The number of nitrogens with one attached hydrogen (secondary N) is 1. The number of halogens is 1. The second kappa shape index (κ2) is 8.23. The van der Waals surface area contributed by atoms with Crippen LogP contribution in [0.1, 0.15) is 57.8 Å². The third kappa shape index (κ3) is 3.33. The molecule has 3 atom stereocenters. The van der Waals surface area contributed by atoms with Crippen LogP contribution in [-0.2, 0) is 4.79 Å². The van der Waals surface area contributed by atoms with Crippen LogP contribution in [0.4, 0.5) is 5.69 Å². The number of hydrogen-bond acceptors (Lipinski definition) is 3. The number of fused-ring (bicyclic) bond motifs is 1. The summed E-state index contributed by atoms with van der Waals surface area (Å²) in [6, 6.07) is 11.3. The van der Waals surface area contributed by atoms with Crippen molar-refractivity contribution in [2.75, 3.05) is 24.7 Å². The van der Waals surface area contributed by atoms with Crippen LogP contribution in [0.5, 0.6) is 0 Å². The summed E-state index contributed by atoms with van der Waals surface area (Å²) in [5.41, 5.74) is 0.843. The van der Waals surface area contributed by atoms with Crippen molar-refractivity contribution in [2.24, 2.45) is 11.8 Å². The SMILES string of the molecule is Cl.O=C1NCN(c2ccccc2)C12CCN(C1C[C@H]3CCCCCC[C@@H]13)CC2. The standard InChI is InChI=1S/C23H33N3O.ClH/c27-22-23(26(17-24-22)19-9-5-3-6-10-19)12-14-25(15-13-23)21-16-18-8-4-1-2-7-11-20(18)21;/h3,5-6,9-10,18,20-21H,1-2,4,7-8,11-17H2,(H,24,27);1H/t18-,20-,21?;/m1./s1. The predicted molar refractivity (Wildman–Crippen MR) is 116 cm³/mol. The molecule has 154 valence electrons. The first-order chi connectivity index (χ1) is 13.3. The summed E-state index contributed by atoms with van der Waals surface area (Å²) < 4.78 is 0. The van der Waals surface area contributed by atoms with Gasteiger partial charge in [-0.2, -0.15) is 0 Å². The zero-order valence-electron chi connectivity index (χ0n) is 16.8. The number of likely N-dealkylation sites (tertiary alicyclic amines) is 1. The minimum Gasteiger partial charge on any atom is -0.339 e. The molecule has 4 nitrogen and oxygen atoms in total. The molecule has 1 aromatic rings. The maximum Gasteiger partial charge on any atom is 0.247 e. The lowest BCUT2D eigenvalue weighted by Crippen LogP contribution is -2.61. The van der Waals surface area contributed by atoms with Crippen molar-refractivity contribution in [3.8, 4) is 0 Å². The van der Waals surface area contributed by atoms with Crippen molar-refractivity contribution < 1.29 is 4.79 Å². The van der Waals surface area contributed by atoms with Crippen molar-refractivity contribution in [2.45, 2.75) is 69.4 Å². The Kier molecular flexibility index (Phi) is 5.89. The molecule has 0 aromatic heterocycles. The Hall–Kier alpha value is -1.26. The monoisotopic (exact) mass is 403 g/mol. The third-order valence-electron chi connectivity index (χ3n) is 8.01. The molecular formula is C23H34ClN3O. The zero-order valence-corrected chi connectivity index (χ0v) is 17.6. The molecule has 2 aliphatic heterocycles. The van der Waals surface area contributed by atoms with Gasteiger partial charge in [0.2, 0.25) is 5.91 Å². The second-order valence-corrected chi connectivity index (χ2v) is 9.21. The molecule has 1 spiro atoms. The van der Waals surface area contributed by atoms with Crippen molar-refractivity contribution >= 4 is 24.0 Å². The molecule has 2 saturated carbocycles. The van der Waals surface area contributed by atoms with E-state index >= 15 is 0 Å². The summed E-state index contributed by atoms with van der Waals surface area (Å²) in [5, 5.41) is 3.13. The Balaban J connectivity index is 0.00000192. The number of rotatable bonds is 2. The quantitative estimate of drug-likeness (QED) is 0.803. The van der Waals surface area contributed by atoms with E-state index < -0.39 is 0 Å². The molecule has 0 radical (unpaired) electrons. The molecule has 5 rings (SSSR count). The number of anilines is 1. The number of para-hydroxylation sites is 1. The fraction of sp³-hybridized carbons (Fsp3) is 0.696. The molecule has 2 heterocycles. The smallest absolute Gasteiger partial charge is 0.247 e. The van der Waals surface area contributed by atoms with Gasteiger partial charge in [-0.1, -0.05) is 50.3 Å². The van der Waals surface area contributed by atoms with E-state index in [4.69, 9.17) is 0 Å². The number of piperidine rings is 1. The fourth-order valence-corrected chi connectivity index (χ4v) is 6.36. The van der Waals surface area contributed by atoms with Gasteiger partial charge < -0.3 is 10.2 Å². The molecule has 4 aliphatic rings. The van der Waals surface area contributed by atoms with Gasteiger partial charge in [0, 0.05) is 24.8 Å². The lowest BCUT2D eigenvalue weighted by atomic mass is 9.63. The Bertz CT molecular complexity index is 674. The number of nitrogens with zero attached hydrogens (tertiary/aromatic N) is 2. The van der Waals surface area contributed by atoms with E-state index in [0.29, 0.717) is 6.67 Å². The molecule has 4 fully saturated rings. The van der Waals surface area contributed by atoms with E-state index in [0.717, 1.165) is 43.8 Å². The average molecular weight is 404 g/mol. The van der Waals surface area contributed by atoms with Gasteiger partial charge in [-0.15, -0.1) is 12.4 Å². The normalized spacial score (nSPS) is 32.5. The van der Waals surface area contributed by atoms with Crippen molar-refractivity contribution in [1.29, 1.82) is 0 Å². The van der Waals surface area contributed by atoms with Gasteiger partial charge in [0.15, 0.2) is 0 Å². The lowest BCUT2D eigenvalue weighted by Gasteiger charge is -2.54. The Morgan fingerprint density at radius 2 is 1.68 bits per heavy atom. The summed E-state index contributed by atoms with van der Waals surface area (Å²) in [6.45, 7) is 2.80. The van der Waals surface area contributed by atoms with E-state index in [1.165, 1.54) is 50.6 Å². The second-order valence-electron chi connectivity index (χ2n) is 9.21. The number of carbonyl (C=O) groups is 1. The zero-order chi connectivity index (χ0) is 18.3. The molecule has 1 unspecified atom stereocenters. The minimum atomic E-state index is -0.331. The largest absolute Gasteiger partial charge is 0.339 e. The molecule has 2 saturated heterocycles. The van der Waals surface area contributed by atoms with Gasteiger partial charge in [0.05, 0.1) is 6.67 Å². The first-order valence-electron chi connectivity index (χ1n) is 11.1. The van der Waals surface area contributed by atoms with Crippen molar-refractivity contribution in [3.63, 3.8) is 0 Å². The van der Waals surface area contributed by atoms with E-state index in [9.17, 15) is 4.79 Å². The number of benzene rings is 1. The highest BCUT2D eigenvalue weighted by Gasteiger charge is 2.52. The van der Waals surface area contributed by atoms with E-state index in [1.807, 2.05) is 6.07 Å². The molecule has 1 N–H and O–H groups in total. The van der Waals surface area contributed by atoms with E-state index in [1.54, 1.807) is 0 Å². The third-order valence-corrected chi connectivity index (χ3v) is 8.01. The summed E-state index contributed by atoms with van der Waals surface area (Å²) in [7, 11) is 0. The molecule has 5 heteroatoms. The summed E-state index contributed by atoms with van der Waals surface area (Å²) in [6.07, 6.45) is 12.0. The van der Waals surface area contributed by atoms with E-state index in [-0.39, 0.29) is 23.9 Å². The number of carbonyl (C=O) groups excluding carboxylic acids is 1. The highest BCUT2D eigenvalue weighted by atomic mass is 35.5. The van der Waals surface area contributed by atoms with Gasteiger partial charge in [-0.25, -0.2) is 0 Å². The number of amides is 1. The first-order valence-corrected chi connectivity index (χ1v) is 11.1. The number of hydrogen-bond donors (Lipinski definition) is 1. The molecule has 2 aliphatic carbocycles. The van der Waals surface area contributed by atoms with Gasteiger partial charge in [0.1, 0.15) is 5.54 Å². The van der Waals surface area contributed by atoms with Gasteiger partial charge in [-0.05, 0) is 49.7 Å². The predicted octanol–water partition coefficient (Wildman–Crippen LogP) is 4.20. The summed E-state index contributed by atoms with van der Waals surface area (Å²) in [4.78, 5) is 17.9. The maximum absolute atomic E-state index is 12.8. The fourth-order valence-electron chi connectivity index (χ4n) is 6.36. The average Bonchev–Trinajstić information content (AvgIpc) is 2.99. The molecular weight excluding hydrogens is 370 g/mol. The van der Waals surface area contributed by atoms with Crippen LogP contribution in [0.15, 0.2) is 30.3 Å². The topological polar surface area (TPSA) is 35.6 Å². The maximum atomic E-state index is 12.8. The van der Waals surface area contributed by atoms with Crippen LogP contribution >= 0.6 is 12.4 Å². The van der Waals surface area contributed by atoms with Crippen LogP contribution in [0, 0.1) is 11.8 Å². The van der Waals surface area contributed by atoms with Crippen LogP contribution in [0.25, 0.3) is 0 Å². The van der Waals surface area contributed by atoms with Crippen molar-refractivity contribution in [1.82, 2.24) is 10.2 Å².